The first kappa shape index (κ1) is 15.1. The van der Waals surface area contributed by atoms with Crippen LogP contribution in [0.25, 0.3) is 0 Å². The molecule has 0 aromatic carbocycles. The van der Waals surface area contributed by atoms with Crippen LogP contribution in [0, 0.1) is 18.8 Å². The van der Waals surface area contributed by atoms with Crippen LogP contribution in [-0.2, 0) is 9.59 Å². The van der Waals surface area contributed by atoms with Gasteiger partial charge in [0.25, 0.3) is 0 Å². The van der Waals surface area contributed by atoms with Crippen LogP contribution in [0.1, 0.15) is 24.8 Å². The van der Waals surface area contributed by atoms with Gasteiger partial charge in [0.1, 0.15) is 5.15 Å². The molecule has 2 atom stereocenters. The van der Waals surface area contributed by atoms with E-state index in [1.807, 2.05) is 0 Å². The molecule has 0 bridgehead atoms. The summed E-state index contributed by atoms with van der Waals surface area (Å²) in [5.74, 6) is -2.42. The van der Waals surface area contributed by atoms with E-state index in [1.54, 1.807) is 13.0 Å². The van der Waals surface area contributed by atoms with Gasteiger partial charge in [-0.05, 0) is 31.4 Å². The fourth-order valence-electron chi connectivity index (χ4n) is 2.53. The fraction of sp³-hybridized carbons (Fsp3) is 0.462. The van der Waals surface area contributed by atoms with Crippen molar-refractivity contribution in [3.05, 3.63) is 21.9 Å². The van der Waals surface area contributed by atoms with Crippen molar-refractivity contribution in [1.29, 1.82) is 0 Å². The van der Waals surface area contributed by atoms with Gasteiger partial charge in [-0.3, -0.25) is 9.59 Å². The monoisotopic (exact) mass is 316 g/mol. The molecule has 2 rings (SSSR count). The van der Waals surface area contributed by atoms with E-state index in [-0.39, 0.29) is 16.2 Å². The Labute approximate surface area is 126 Å². The number of hydrogen-bond donors (Lipinski definition) is 2. The molecule has 1 aromatic rings. The number of amides is 1. The number of carboxylic acids is 1. The minimum Gasteiger partial charge on any atom is -0.481 e. The van der Waals surface area contributed by atoms with Crippen LogP contribution in [-0.4, -0.2) is 22.0 Å². The number of aliphatic carboxylic acids is 1. The van der Waals surface area contributed by atoms with Crippen molar-refractivity contribution < 1.29 is 14.7 Å². The lowest BCUT2D eigenvalue weighted by Crippen LogP contribution is -2.30. The molecule has 1 amide bonds. The van der Waals surface area contributed by atoms with Crippen LogP contribution in [0.5, 0.6) is 0 Å². The highest BCUT2D eigenvalue weighted by atomic mass is 35.5. The third-order valence-corrected chi connectivity index (χ3v) is 4.03. The summed E-state index contributed by atoms with van der Waals surface area (Å²) in [6.45, 7) is 1.75. The quantitative estimate of drug-likeness (QED) is 0.840. The summed E-state index contributed by atoms with van der Waals surface area (Å²) in [6, 6.07) is 1.59. The number of carbonyl (C=O) groups excluding carboxylic acids is 1. The summed E-state index contributed by atoms with van der Waals surface area (Å²) in [5, 5.41) is 12.1. The number of nitrogens with zero attached hydrogens (tertiary/aromatic N) is 1. The first-order valence-corrected chi connectivity index (χ1v) is 7.02. The first-order chi connectivity index (χ1) is 9.40. The molecule has 1 aromatic heterocycles. The SMILES string of the molecule is Cc1cc(Cl)nc(Cl)c1NC(=O)[C@@H]1CCC[C@@H]1C(=O)O. The Hall–Kier alpha value is -1.33. The van der Waals surface area contributed by atoms with E-state index >= 15 is 0 Å². The molecule has 1 heterocycles. The molecule has 0 spiro atoms. The van der Waals surface area contributed by atoms with Crippen molar-refractivity contribution >= 4 is 40.8 Å². The van der Waals surface area contributed by atoms with Gasteiger partial charge in [0.15, 0.2) is 5.15 Å². The van der Waals surface area contributed by atoms with Crippen LogP contribution in [0.3, 0.4) is 0 Å². The number of carbonyl (C=O) groups is 2. The normalized spacial score (nSPS) is 21.8. The maximum absolute atomic E-state index is 12.2. The molecule has 108 valence electrons. The zero-order valence-corrected chi connectivity index (χ0v) is 12.3. The zero-order chi connectivity index (χ0) is 14.9. The lowest BCUT2D eigenvalue weighted by molar-refractivity contribution is -0.145. The molecule has 2 N–H and O–H groups in total. The molecule has 0 saturated heterocycles. The van der Waals surface area contributed by atoms with Crippen molar-refractivity contribution in [1.82, 2.24) is 4.98 Å². The standard InChI is InChI=1S/C13H14Cl2N2O3/c1-6-5-9(14)16-11(15)10(6)17-12(18)7-3-2-4-8(7)13(19)20/h5,7-8H,2-4H2,1H3,(H,17,18)(H,19,20)/t7-,8+/m1/s1. The van der Waals surface area contributed by atoms with E-state index < -0.39 is 17.8 Å². The van der Waals surface area contributed by atoms with Crippen molar-refractivity contribution in [2.75, 3.05) is 5.32 Å². The minimum atomic E-state index is -0.931. The van der Waals surface area contributed by atoms with E-state index in [0.29, 0.717) is 24.1 Å². The number of aryl methyl sites for hydroxylation is 1. The second kappa shape index (κ2) is 5.97. The van der Waals surface area contributed by atoms with Crippen LogP contribution < -0.4 is 5.32 Å². The van der Waals surface area contributed by atoms with Crippen LogP contribution in [0.2, 0.25) is 10.3 Å². The second-order valence-electron chi connectivity index (χ2n) is 4.90. The molecule has 1 aliphatic carbocycles. The second-order valence-corrected chi connectivity index (χ2v) is 5.64. The number of rotatable bonds is 3. The van der Waals surface area contributed by atoms with Crippen molar-refractivity contribution in [2.45, 2.75) is 26.2 Å². The summed E-state index contributed by atoms with van der Waals surface area (Å²) in [4.78, 5) is 27.2. The van der Waals surface area contributed by atoms with E-state index in [4.69, 9.17) is 28.3 Å². The molecular weight excluding hydrogens is 303 g/mol. The molecule has 0 radical (unpaired) electrons. The number of nitrogens with one attached hydrogen (secondary N) is 1. The summed E-state index contributed by atoms with van der Waals surface area (Å²) in [5.41, 5.74) is 1.07. The van der Waals surface area contributed by atoms with Gasteiger partial charge < -0.3 is 10.4 Å². The third-order valence-electron chi connectivity index (χ3n) is 3.56. The number of aromatic nitrogens is 1. The van der Waals surface area contributed by atoms with Gasteiger partial charge in [0.05, 0.1) is 17.5 Å². The molecule has 1 aliphatic rings. The van der Waals surface area contributed by atoms with Gasteiger partial charge in [0, 0.05) is 0 Å². The lowest BCUT2D eigenvalue weighted by atomic mass is 9.95. The fourth-order valence-corrected chi connectivity index (χ4v) is 3.11. The minimum absolute atomic E-state index is 0.105. The van der Waals surface area contributed by atoms with Crippen LogP contribution >= 0.6 is 23.2 Å². The van der Waals surface area contributed by atoms with E-state index in [1.165, 1.54) is 0 Å². The Kier molecular flexibility index (Phi) is 4.50. The maximum atomic E-state index is 12.2. The van der Waals surface area contributed by atoms with Crippen molar-refractivity contribution in [3.63, 3.8) is 0 Å². The van der Waals surface area contributed by atoms with Gasteiger partial charge in [-0.25, -0.2) is 4.98 Å². The highest BCUT2D eigenvalue weighted by Crippen LogP contribution is 2.34. The van der Waals surface area contributed by atoms with Gasteiger partial charge in [-0.15, -0.1) is 0 Å². The molecule has 1 fully saturated rings. The van der Waals surface area contributed by atoms with Crippen molar-refractivity contribution in [2.24, 2.45) is 11.8 Å². The van der Waals surface area contributed by atoms with Gasteiger partial charge >= 0.3 is 5.97 Å². The number of anilines is 1. The Morgan fingerprint density at radius 1 is 1.35 bits per heavy atom. The van der Waals surface area contributed by atoms with Gasteiger partial charge in [-0.2, -0.15) is 0 Å². The average molecular weight is 317 g/mol. The number of carboxylic acid groups (broad SMARTS) is 1. The molecular formula is C13H14Cl2N2O3. The van der Waals surface area contributed by atoms with E-state index in [2.05, 4.69) is 10.3 Å². The summed E-state index contributed by atoms with van der Waals surface area (Å²) >= 11 is 11.7. The number of pyridine rings is 1. The van der Waals surface area contributed by atoms with Crippen LogP contribution in [0.4, 0.5) is 5.69 Å². The predicted octanol–water partition coefficient (Wildman–Crippen LogP) is 3.14. The molecule has 0 aliphatic heterocycles. The number of hydrogen-bond acceptors (Lipinski definition) is 3. The molecule has 0 unspecified atom stereocenters. The Balaban J connectivity index is 2.18. The molecule has 20 heavy (non-hydrogen) atoms. The van der Waals surface area contributed by atoms with Gasteiger partial charge in [-0.1, -0.05) is 29.6 Å². The summed E-state index contributed by atoms with van der Waals surface area (Å²) < 4.78 is 0. The lowest BCUT2D eigenvalue weighted by Gasteiger charge is -2.17. The van der Waals surface area contributed by atoms with E-state index in [9.17, 15) is 9.59 Å². The van der Waals surface area contributed by atoms with Crippen molar-refractivity contribution in [3.8, 4) is 0 Å². The Morgan fingerprint density at radius 2 is 2.00 bits per heavy atom. The first-order valence-electron chi connectivity index (χ1n) is 6.26. The number of halogens is 2. The van der Waals surface area contributed by atoms with Crippen LogP contribution in [0.15, 0.2) is 6.07 Å². The average Bonchev–Trinajstić information content (AvgIpc) is 2.82. The van der Waals surface area contributed by atoms with E-state index in [0.717, 1.165) is 6.42 Å². The smallest absolute Gasteiger partial charge is 0.307 e. The summed E-state index contributed by atoms with van der Waals surface area (Å²) in [6.07, 6.45) is 1.83. The zero-order valence-electron chi connectivity index (χ0n) is 10.8. The topological polar surface area (TPSA) is 79.3 Å². The predicted molar refractivity (Wildman–Crippen MR) is 76.1 cm³/mol. The molecule has 5 nitrogen and oxygen atoms in total. The summed E-state index contributed by atoms with van der Waals surface area (Å²) in [7, 11) is 0. The third kappa shape index (κ3) is 3.04. The largest absolute Gasteiger partial charge is 0.481 e. The molecule has 7 heteroatoms. The highest BCUT2D eigenvalue weighted by Gasteiger charge is 2.38. The molecule has 1 saturated carbocycles. The maximum Gasteiger partial charge on any atom is 0.307 e. The Bertz CT molecular complexity index is 540. The highest BCUT2D eigenvalue weighted by molar-refractivity contribution is 6.34. The Morgan fingerprint density at radius 3 is 2.60 bits per heavy atom. The van der Waals surface area contributed by atoms with Gasteiger partial charge in [0.2, 0.25) is 5.91 Å².